The monoisotopic (exact) mass is 306 g/mol. The van der Waals surface area contributed by atoms with Crippen molar-refractivity contribution in [1.29, 1.82) is 0 Å². The fraction of sp³-hybridized carbons (Fsp3) is 0.150. The predicted octanol–water partition coefficient (Wildman–Crippen LogP) is 5.33. The van der Waals surface area contributed by atoms with Crippen LogP contribution in [0.4, 0.5) is 4.53 Å². The van der Waals surface area contributed by atoms with Crippen LogP contribution in [-0.4, -0.2) is 5.97 Å². The van der Waals surface area contributed by atoms with Gasteiger partial charge in [0, 0.05) is 10.9 Å². The Kier molecular flexibility index (Phi) is 3.34. The van der Waals surface area contributed by atoms with Crippen LogP contribution in [0.15, 0.2) is 54.6 Å². The SMILES string of the molecule is O=C(CCCc1ccc2ccc3cccc4ccc1c2c34)OF. The van der Waals surface area contributed by atoms with Crippen molar-refractivity contribution in [3.8, 4) is 0 Å². The van der Waals surface area contributed by atoms with Crippen molar-refractivity contribution in [3.63, 3.8) is 0 Å². The Morgan fingerprint density at radius 2 is 1.52 bits per heavy atom. The predicted molar refractivity (Wildman–Crippen MR) is 90.3 cm³/mol. The summed E-state index contributed by atoms with van der Waals surface area (Å²) in [5, 5.41) is 7.45. The second-order valence-corrected chi connectivity index (χ2v) is 5.88. The first-order valence-electron chi connectivity index (χ1n) is 7.75. The van der Waals surface area contributed by atoms with Gasteiger partial charge in [-0.3, -0.25) is 4.94 Å². The van der Waals surface area contributed by atoms with E-state index in [-0.39, 0.29) is 6.42 Å². The molecule has 0 saturated carbocycles. The average Bonchev–Trinajstić information content (AvgIpc) is 2.60. The van der Waals surface area contributed by atoms with Crippen LogP contribution < -0.4 is 0 Å². The Hall–Kier alpha value is -2.68. The summed E-state index contributed by atoms with van der Waals surface area (Å²) in [6.07, 6.45) is 1.40. The van der Waals surface area contributed by atoms with E-state index in [1.807, 2.05) is 0 Å². The molecule has 4 rings (SSSR count). The standard InChI is InChI=1S/C20H15FO2/c21-23-18(22)6-2-3-13-7-8-16-10-9-14-4-1-5-15-11-12-17(13)20(16)19(14)15/h1,4-5,7-12H,2-3,6H2. The van der Waals surface area contributed by atoms with Crippen LogP contribution in [0, 0.1) is 0 Å². The van der Waals surface area contributed by atoms with E-state index in [0.29, 0.717) is 6.42 Å². The van der Waals surface area contributed by atoms with Crippen molar-refractivity contribution in [1.82, 2.24) is 0 Å². The molecule has 0 atom stereocenters. The van der Waals surface area contributed by atoms with Crippen LogP contribution in [0.3, 0.4) is 0 Å². The topological polar surface area (TPSA) is 26.3 Å². The van der Waals surface area contributed by atoms with Crippen molar-refractivity contribution in [2.75, 3.05) is 0 Å². The Morgan fingerprint density at radius 1 is 0.870 bits per heavy atom. The minimum Gasteiger partial charge on any atom is -0.255 e. The average molecular weight is 306 g/mol. The fourth-order valence-electron chi connectivity index (χ4n) is 3.48. The lowest BCUT2D eigenvalue weighted by molar-refractivity contribution is -0.183. The summed E-state index contributed by atoms with van der Waals surface area (Å²) in [5.41, 5.74) is 1.18. The Labute approximate surface area is 132 Å². The van der Waals surface area contributed by atoms with Crippen LogP contribution in [0.1, 0.15) is 18.4 Å². The molecule has 114 valence electrons. The zero-order valence-corrected chi connectivity index (χ0v) is 12.5. The minimum atomic E-state index is -0.803. The van der Waals surface area contributed by atoms with Crippen molar-refractivity contribution in [2.24, 2.45) is 0 Å². The van der Waals surface area contributed by atoms with Gasteiger partial charge in [-0.1, -0.05) is 54.6 Å². The number of hydrogen-bond donors (Lipinski definition) is 0. The van der Waals surface area contributed by atoms with Crippen LogP contribution in [0.25, 0.3) is 32.3 Å². The second kappa shape index (κ2) is 5.51. The molecule has 0 aromatic heterocycles. The second-order valence-electron chi connectivity index (χ2n) is 5.88. The van der Waals surface area contributed by atoms with Crippen LogP contribution >= 0.6 is 0 Å². The largest absolute Gasteiger partial charge is 0.348 e. The lowest BCUT2D eigenvalue weighted by atomic mass is 9.90. The number of halogens is 1. The van der Waals surface area contributed by atoms with E-state index in [2.05, 4.69) is 59.5 Å². The summed E-state index contributed by atoms with van der Waals surface area (Å²) in [4.78, 5) is 14.2. The quantitative estimate of drug-likeness (QED) is 0.476. The highest BCUT2D eigenvalue weighted by atomic mass is 19.3. The first kappa shape index (κ1) is 13.9. The summed E-state index contributed by atoms with van der Waals surface area (Å²) in [6.45, 7) is 0. The van der Waals surface area contributed by atoms with Gasteiger partial charge in [-0.2, -0.15) is 0 Å². The van der Waals surface area contributed by atoms with E-state index in [0.717, 1.165) is 6.42 Å². The first-order chi connectivity index (χ1) is 11.3. The Morgan fingerprint density at radius 3 is 2.26 bits per heavy atom. The van der Waals surface area contributed by atoms with E-state index in [1.54, 1.807) is 0 Å². The number of carbonyl (C=O) groups excluding carboxylic acids is 1. The molecule has 2 nitrogen and oxygen atoms in total. The van der Waals surface area contributed by atoms with Gasteiger partial charge in [0.2, 0.25) is 0 Å². The number of aryl methyl sites for hydroxylation is 1. The molecule has 0 fully saturated rings. The minimum absolute atomic E-state index is 0.0957. The van der Waals surface area contributed by atoms with Crippen LogP contribution in [-0.2, 0) is 16.2 Å². The molecule has 0 aliphatic heterocycles. The summed E-state index contributed by atoms with van der Waals surface area (Å²) in [7, 11) is 0. The molecule has 0 N–H and O–H groups in total. The van der Waals surface area contributed by atoms with E-state index < -0.39 is 5.97 Å². The molecule has 0 spiro atoms. The number of benzene rings is 4. The molecule has 4 aromatic carbocycles. The third-order valence-electron chi connectivity index (χ3n) is 4.53. The molecule has 0 amide bonds. The molecule has 0 heterocycles. The van der Waals surface area contributed by atoms with E-state index >= 15 is 0 Å². The summed E-state index contributed by atoms with van der Waals surface area (Å²) in [5.74, 6) is -0.803. The molecule has 23 heavy (non-hydrogen) atoms. The molecule has 3 heteroatoms. The number of rotatable bonds is 4. The zero-order valence-electron chi connectivity index (χ0n) is 12.5. The summed E-state index contributed by atoms with van der Waals surface area (Å²) in [6, 6.07) is 19.1. The van der Waals surface area contributed by atoms with Gasteiger partial charge in [-0.15, -0.1) is 0 Å². The number of carbonyl (C=O) groups is 1. The van der Waals surface area contributed by atoms with Gasteiger partial charge in [-0.05, 0) is 50.7 Å². The Balaban J connectivity index is 1.85. The summed E-state index contributed by atoms with van der Waals surface area (Å²) < 4.78 is 11.8. The van der Waals surface area contributed by atoms with Crippen molar-refractivity contribution < 1.29 is 14.3 Å². The van der Waals surface area contributed by atoms with Gasteiger partial charge in [0.25, 0.3) is 0 Å². The first-order valence-corrected chi connectivity index (χ1v) is 7.75. The molecule has 4 aromatic rings. The smallest absolute Gasteiger partial charge is 0.255 e. The molecule has 0 saturated heterocycles. The summed E-state index contributed by atoms with van der Waals surface area (Å²) >= 11 is 0. The normalized spacial score (nSPS) is 11.5. The molecule has 0 aliphatic carbocycles. The molecule has 0 unspecified atom stereocenters. The lowest BCUT2D eigenvalue weighted by Gasteiger charge is -2.13. The van der Waals surface area contributed by atoms with Gasteiger partial charge in [-0.25, -0.2) is 4.79 Å². The maximum atomic E-state index is 11.8. The third-order valence-corrected chi connectivity index (χ3v) is 4.53. The zero-order chi connectivity index (χ0) is 15.8. The third kappa shape index (κ3) is 2.29. The van der Waals surface area contributed by atoms with Gasteiger partial charge in [0.1, 0.15) is 0 Å². The van der Waals surface area contributed by atoms with E-state index in [1.165, 1.54) is 37.9 Å². The number of hydrogen-bond acceptors (Lipinski definition) is 2. The maximum absolute atomic E-state index is 11.8. The van der Waals surface area contributed by atoms with Gasteiger partial charge in [0.05, 0.1) is 0 Å². The van der Waals surface area contributed by atoms with Crippen LogP contribution in [0.2, 0.25) is 0 Å². The van der Waals surface area contributed by atoms with Gasteiger partial charge >= 0.3 is 5.97 Å². The molecule has 0 bridgehead atoms. The molecule has 0 radical (unpaired) electrons. The highest BCUT2D eigenvalue weighted by Gasteiger charge is 2.11. The van der Waals surface area contributed by atoms with Gasteiger partial charge < -0.3 is 0 Å². The highest BCUT2D eigenvalue weighted by molar-refractivity contribution is 6.23. The van der Waals surface area contributed by atoms with Crippen LogP contribution in [0.5, 0.6) is 0 Å². The highest BCUT2D eigenvalue weighted by Crippen LogP contribution is 2.36. The van der Waals surface area contributed by atoms with Crippen molar-refractivity contribution in [3.05, 3.63) is 60.2 Å². The van der Waals surface area contributed by atoms with Crippen molar-refractivity contribution >= 4 is 38.3 Å². The Bertz CT molecular complexity index is 991. The lowest BCUT2D eigenvalue weighted by Crippen LogP contribution is -1.98. The van der Waals surface area contributed by atoms with E-state index in [9.17, 15) is 9.32 Å². The van der Waals surface area contributed by atoms with Gasteiger partial charge in [0.15, 0.2) is 0 Å². The van der Waals surface area contributed by atoms with Crippen molar-refractivity contribution in [2.45, 2.75) is 19.3 Å². The molecule has 0 aliphatic rings. The van der Waals surface area contributed by atoms with E-state index in [4.69, 9.17) is 0 Å². The molecular weight excluding hydrogens is 291 g/mol. The fourth-order valence-corrected chi connectivity index (χ4v) is 3.48. The maximum Gasteiger partial charge on any atom is 0.348 e. The molecular formula is C20H15FO2.